The molecule has 0 aliphatic heterocycles. The van der Waals surface area contributed by atoms with Gasteiger partial charge in [-0.2, -0.15) is 15.0 Å². The molecule has 0 atom stereocenters. The molecule has 0 saturated heterocycles. The molecule has 1 aromatic heterocycles. The van der Waals surface area contributed by atoms with Crippen LogP contribution in [0.1, 0.15) is 1.43 Å². The fourth-order valence-corrected chi connectivity index (χ4v) is 0.427. The molecule has 0 bridgehead atoms. The molecular weight excluding hydrogens is 127 g/mol. The van der Waals surface area contributed by atoms with Crippen LogP contribution >= 0.6 is 0 Å². The van der Waals surface area contributed by atoms with E-state index in [1.165, 1.54) is 0 Å². The maximum Gasteiger partial charge on any atom is 1.00 e. The van der Waals surface area contributed by atoms with E-state index < -0.39 is 0 Å². The van der Waals surface area contributed by atoms with Gasteiger partial charge in [0, 0.05) is 0 Å². The quantitative estimate of drug-likeness (QED) is 0.309. The van der Waals surface area contributed by atoms with E-state index in [0.717, 1.165) is 0 Å². The monoisotopic (exact) mass is 134 g/mol. The van der Waals surface area contributed by atoms with Crippen molar-refractivity contribution in [1.82, 2.24) is 15.0 Å². The predicted octanol–water partition coefficient (Wildman–Crippen LogP) is -4.27. The van der Waals surface area contributed by atoms with Gasteiger partial charge in [0.2, 0.25) is 17.8 Å². The van der Waals surface area contributed by atoms with Crippen LogP contribution in [0.3, 0.4) is 0 Å². The molecule has 0 spiro atoms. The zero-order valence-corrected chi connectivity index (χ0v) is 5.57. The second kappa shape index (κ2) is 3.25. The van der Waals surface area contributed by atoms with Crippen LogP contribution < -0.4 is 36.1 Å². The van der Waals surface area contributed by atoms with Crippen molar-refractivity contribution in [2.75, 3.05) is 17.2 Å². The summed E-state index contributed by atoms with van der Waals surface area (Å²) in [5.74, 6) is 0.125. The first-order chi connectivity index (χ1) is 4.18. The number of nitrogen functional groups attached to an aromatic ring is 3. The summed E-state index contributed by atoms with van der Waals surface area (Å²) in [6.07, 6.45) is 0. The van der Waals surface area contributed by atoms with E-state index in [2.05, 4.69) is 15.0 Å². The van der Waals surface area contributed by atoms with Crippen molar-refractivity contribution in [3.8, 4) is 0 Å². The Kier molecular flexibility index (Phi) is 2.92. The van der Waals surface area contributed by atoms with Gasteiger partial charge in [-0.1, -0.05) is 0 Å². The van der Waals surface area contributed by atoms with Crippen molar-refractivity contribution in [3.63, 3.8) is 0 Å². The van der Waals surface area contributed by atoms with Crippen molar-refractivity contribution in [2.24, 2.45) is 0 Å². The molecule has 0 saturated carbocycles. The molecular formula is C3H7LiN6. The molecule has 10 heavy (non-hydrogen) atoms. The Morgan fingerprint density at radius 2 is 1.00 bits per heavy atom. The predicted molar refractivity (Wildman–Crippen MR) is 34.2 cm³/mol. The first-order valence-electron chi connectivity index (χ1n) is 2.21. The van der Waals surface area contributed by atoms with E-state index in [-0.39, 0.29) is 38.1 Å². The Bertz CT molecular complexity index is 179. The molecule has 1 heterocycles. The molecule has 0 aliphatic rings. The molecule has 1 rings (SSSR count). The standard InChI is InChI=1S/C3H6N6.Li.H/c4-1-7-2(5)9-3(6)8-1;;/h(H6,4,5,6,7,8,9);;/q;+1;-1. The largest absolute Gasteiger partial charge is 1.00 e. The van der Waals surface area contributed by atoms with Crippen LogP contribution in [0.2, 0.25) is 0 Å². The number of rotatable bonds is 0. The molecule has 6 N–H and O–H groups in total. The zero-order chi connectivity index (χ0) is 6.85. The average molecular weight is 134 g/mol. The first-order valence-corrected chi connectivity index (χ1v) is 2.21. The van der Waals surface area contributed by atoms with E-state index >= 15 is 0 Å². The zero-order valence-electron chi connectivity index (χ0n) is 6.57. The van der Waals surface area contributed by atoms with E-state index in [1.807, 2.05) is 0 Å². The second-order valence-corrected chi connectivity index (χ2v) is 1.41. The van der Waals surface area contributed by atoms with Gasteiger partial charge < -0.3 is 18.6 Å². The Balaban J connectivity index is 0. The minimum absolute atomic E-state index is 0. The van der Waals surface area contributed by atoms with E-state index in [4.69, 9.17) is 17.2 Å². The van der Waals surface area contributed by atoms with Gasteiger partial charge in [0.1, 0.15) is 0 Å². The van der Waals surface area contributed by atoms with Crippen LogP contribution in [-0.2, 0) is 0 Å². The summed E-state index contributed by atoms with van der Waals surface area (Å²) in [5, 5.41) is 0. The van der Waals surface area contributed by atoms with Crippen molar-refractivity contribution in [2.45, 2.75) is 0 Å². The van der Waals surface area contributed by atoms with Crippen molar-refractivity contribution in [1.29, 1.82) is 0 Å². The van der Waals surface area contributed by atoms with Gasteiger partial charge in [-0.3, -0.25) is 0 Å². The van der Waals surface area contributed by atoms with Crippen molar-refractivity contribution in [3.05, 3.63) is 0 Å². The molecule has 0 radical (unpaired) electrons. The number of anilines is 3. The number of nitrogens with two attached hydrogens (primary N) is 3. The molecule has 0 fully saturated rings. The van der Waals surface area contributed by atoms with Gasteiger partial charge in [-0.15, -0.1) is 0 Å². The van der Waals surface area contributed by atoms with Gasteiger partial charge in [0.25, 0.3) is 0 Å². The maximum absolute atomic E-state index is 5.14. The van der Waals surface area contributed by atoms with Crippen molar-refractivity contribution >= 4 is 17.8 Å². The van der Waals surface area contributed by atoms with Crippen LogP contribution in [0.25, 0.3) is 0 Å². The summed E-state index contributed by atoms with van der Waals surface area (Å²) in [6, 6.07) is 0. The minimum atomic E-state index is 0. The Labute approximate surface area is 70.9 Å². The molecule has 6 nitrogen and oxygen atoms in total. The SMILES string of the molecule is Nc1nc(N)nc(N)n1.[H-].[Li+]. The molecule has 50 valence electrons. The van der Waals surface area contributed by atoms with E-state index in [0.29, 0.717) is 0 Å². The van der Waals surface area contributed by atoms with Gasteiger partial charge in [-0.05, 0) is 0 Å². The molecule has 0 aliphatic carbocycles. The van der Waals surface area contributed by atoms with E-state index in [1.54, 1.807) is 0 Å². The number of aromatic nitrogens is 3. The average Bonchev–Trinajstić information content (AvgIpc) is 1.59. The first kappa shape index (κ1) is 9.01. The third kappa shape index (κ3) is 2.09. The van der Waals surface area contributed by atoms with Crippen LogP contribution in [0, 0.1) is 0 Å². The van der Waals surface area contributed by atoms with Gasteiger partial charge >= 0.3 is 18.9 Å². The maximum atomic E-state index is 5.14. The van der Waals surface area contributed by atoms with Crippen molar-refractivity contribution < 1.29 is 20.3 Å². The van der Waals surface area contributed by atoms with Gasteiger partial charge in [0.05, 0.1) is 0 Å². The van der Waals surface area contributed by atoms with Gasteiger partial charge in [0.15, 0.2) is 0 Å². The molecule has 0 aromatic carbocycles. The summed E-state index contributed by atoms with van der Waals surface area (Å²) >= 11 is 0. The van der Waals surface area contributed by atoms with Crippen LogP contribution in [0.4, 0.5) is 17.8 Å². The van der Waals surface area contributed by atoms with Crippen LogP contribution in [0.15, 0.2) is 0 Å². The summed E-state index contributed by atoms with van der Waals surface area (Å²) in [5.41, 5.74) is 15.4. The summed E-state index contributed by atoms with van der Waals surface area (Å²) < 4.78 is 0. The van der Waals surface area contributed by atoms with Crippen LogP contribution in [0.5, 0.6) is 0 Å². The smallest absolute Gasteiger partial charge is 1.00 e. The van der Waals surface area contributed by atoms with Crippen LogP contribution in [-0.4, -0.2) is 15.0 Å². The number of hydrogen-bond donors (Lipinski definition) is 3. The Morgan fingerprint density at radius 3 is 1.20 bits per heavy atom. The molecule has 0 amide bonds. The summed E-state index contributed by atoms with van der Waals surface area (Å²) in [7, 11) is 0. The Morgan fingerprint density at radius 1 is 0.800 bits per heavy atom. The normalized spacial score (nSPS) is 8.40. The minimum Gasteiger partial charge on any atom is -1.00 e. The third-order valence-corrected chi connectivity index (χ3v) is 0.687. The van der Waals surface area contributed by atoms with Gasteiger partial charge in [-0.25, -0.2) is 0 Å². The summed E-state index contributed by atoms with van der Waals surface area (Å²) in [6.45, 7) is 0. The van der Waals surface area contributed by atoms with E-state index in [9.17, 15) is 0 Å². The topological polar surface area (TPSA) is 117 Å². The summed E-state index contributed by atoms with van der Waals surface area (Å²) in [4.78, 5) is 10.5. The number of hydrogen-bond acceptors (Lipinski definition) is 6. The molecule has 1 aromatic rings. The molecule has 0 unspecified atom stereocenters. The Hall–Kier alpha value is -0.993. The number of nitrogens with zero attached hydrogens (tertiary/aromatic N) is 3. The molecule has 7 heteroatoms. The second-order valence-electron chi connectivity index (χ2n) is 1.41. The third-order valence-electron chi connectivity index (χ3n) is 0.687. The fourth-order valence-electron chi connectivity index (χ4n) is 0.427. The fraction of sp³-hybridized carbons (Fsp3) is 0.